The monoisotopic (exact) mass is 199 g/mol. The largest absolute Gasteiger partial charge is 0.198 e. The molecule has 1 heteroatoms. The predicted molar refractivity (Wildman–Crippen MR) is 60.0 cm³/mol. The molecule has 1 fully saturated rings. The normalized spacial score (nSPS) is 38.5. The van der Waals surface area contributed by atoms with Crippen molar-refractivity contribution >= 4 is 0 Å². The van der Waals surface area contributed by atoms with Crippen LogP contribution in [0.15, 0.2) is 23.3 Å². The molecule has 15 heavy (non-hydrogen) atoms. The molecular formula is C14H17N. The molecular weight excluding hydrogens is 182 g/mol. The van der Waals surface area contributed by atoms with Crippen molar-refractivity contribution in [3.05, 3.63) is 23.3 Å². The summed E-state index contributed by atoms with van der Waals surface area (Å²) < 4.78 is 0. The zero-order chi connectivity index (χ0) is 10.3. The van der Waals surface area contributed by atoms with Crippen molar-refractivity contribution in [3.63, 3.8) is 0 Å². The minimum Gasteiger partial charge on any atom is -0.198 e. The van der Waals surface area contributed by atoms with Crippen LogP contribution in [-0.2, 0) is 0 Å². The molecule has 0 radical (unpaired) electrons. The number of allylic oxidation sites excluding steroid dienone is 4. The molecule has 1 nitrogen and oxygen atoms in total. The van der Waals surface area contributed by atoms with E-state index in [-0.39, 0.29) is 5.92 Å². The summed E-state index contributed by atoms with van der Waals surface area (Å²) in [7, 11) is 0. The van der Waals surface area contributed by atoms with Crippen LogP contribution in [-0.4, -0.2) is 0 Å². The average Bonchev–Trinajstić information content (AvgIpc) is 2.27. The number of rotatable bonds is 0. The summed E-state index contributed by atoms with van der Waals surface area (Å²) in [5.74, 6) is 1.37. The van der Waals surface area contributed by atoms with Gasteiger partial charge in [-0.3, -0.25) is 0 Å². The van der Waals surface area contributed by atoms with Crippen LogP contribution in [0.3, 0.4) is 0 Å². The molecule has 0 saturated heterocycles. The lowest BCUT2D eigenvalue weighted by molar-refractivity contribution is 0.369. The molecule has 4 aliphatic carbocycles. The van der Waals surface area contributed by atoms with Gasteiger partial charge in [-0.2, -0.15) is 5.26 Å². The van der Waals surface area contributed by atoms with Crippen LogP contribution < -0.4 is 0 Å². The van der Waals surface area contributed by atoms with E-state index in [2.05, 4.69) is 18.2 Å². The Labute approximate surface area is 91.5 Å². The van der Waals surface area contributed by atoms with Gasteiger partial charge in [-0.15, -0.1) is 0 Å². The van der Waals surface area contributed by atoms with Gasteiger partial charge in [-0.1, -0.05) is 29.7 Å². The first-order valence-electron chi connectivity index (χ1n) is 6.19. The average molecular weight is 199 g/mol. The second kappa shape index (κ2) is 3.52. The van der Waals surface area contributed by atoms with E-state index in [1.807, 2.05) is 0 Å². The number of fused-ring (bicyclic) bond motifs is 1. The minimum absolute atomic E-state index is 0.266. The van der Waals surface area contributed by atoms with Crippen molar-refractivity contribution in [1.82, 2.24) is 0 Å². The van der Waals surface area contributed by atoms with Crippen LogP contribution in [0.5, 0.6) is 0 Å². The third kappa shape index (κ3) is 1.44. The topological polar surface area (TPSA) is 23.8 Å². The Morgan fingerprint density at radius 1 is 1.07 bits per heavy atom. The third-order valence-corrected chi connectivity index (χ3v) is 4.26. The van der Waals surface area contributed by atoms with Gasteiger partial charge in [0.05, 0.1) is 12.0 Å². The smallest absolute Gasteiger partial charge is 0.0665 e. The number of nitrogens with zero attached hydrogens (tertiary/aromatic N) is 1. The molecule has 1 unspecified atom stereocenters. The van der Waals surface area contributed by atoms with Gasteiger partial charge >= 0.3 is 0 Å². The Bertz CT molecular complexity index is 345. The molecule has 0 N–H and O–H groups in total. The van der Waals surface area contributed by atoms with Gasteiger partial charge in [0.1, 0.15) is 0 Å². The van der Waals surface area contributed by atoms with Gasteiger partial charge in [-0.05, 0) is 32.1 Å². The molecule has 0 aromatic heterocycles. The summed E-state index contributed by atoms with van der Waals surface area (Å²) in [6, 6.07) is 2.47. The molecule has 4 aliphatic rings. The summed E-state index contributed by atoms with van der Waals surface area (Å²) in [5.41, 5.74) is 3.31. The Hall–Kier alpha value is -1.03. The van der Waals surface area contributed by atoms with E-state index in [0.29, 0.717) is 11.8 Å². The standard InChI is InChI=1S/C14H17N/c15-9-13-8-14-10-4-2-1-3-5-11(14)7-12(13)6-10/h6-7,12-14H,1-5,8H2. The van der Waals surface area contributed by atoms with Crippen molar-refractivity contribution in [2.24, 2.45) is 17.8 Å². The molecule has 0 aliphatic heterocycles. The van der Waals surface area contributed by atoms with Crippen molar-refractivity contribution in [1.29, 1.82) is 5.26 Å². The fourth-order valence-corrected chi connectivity index (χ4v) is 3.45. The molecule has 0 spiro atoms. The summed E-state index contributed by atoms with van der Waals surface area (Å²) in [6.45, 7) is 0. The molecule has 0 heterocycles. The Morgan fingerprint density at radius 3 is 2.27 bits per heavy atom. The first-order valence-corrected chi connectivity index (χ1v) is 6.19. The van der Waals surface area contributed by atoms with E-state index in [4.69, 9.17) is 5.26 Å². The number of hydrogen-bond donors (Lipinski definition) is 0. The maximum atomic E-state index is 9.09. The maximum Gasteiger partial charge on any atom is 0.0665 e. The van der Waals surface area contributed by atoms with E-state index >= 15 is 0 Å². The van der Waals surface area contributed by atoms with Gasteiger partial charge < -0.3 is 0 Å². The molecule has 1 saturated carbocycles. The number of nitriles is 1. The van der Waals surface area contributed by atoms with Crippen LogP contribution >= 0.6 is 0 Å². The summed E-state index contributed by atoms with van der Waals surface area (Å²) in [6.07, 6.45) is 12.6. The first-order chi connectivity index (χ1) is 7.38. The maximum absolute atomic E-state index is 9.09. The van der Waals surface area contributed by atoms with Crippen molar-refractivity contribution in [3.8, 4) is 6.07 Å². The lowest BCUT2D eigenvalue weighted by Crippen LogP contribution is -2.29. The predicted octanol–water partition coefficient (Wildman–Crippen LogP) is 3.59. The lowest BCUT2D eigenvalue weighted by Gasteiger charge is -2.39. The van der Waals surface area contributed by atoms with Gasteiger partial charge in [0.2, 0.25) is 0 Å². The highest BCUT2D eigenvalue weighted by molar-refractivity contribution is 5.36. The molecule has 0 aromatic carbocycles. The molecule has 78 valence electrons. The Balaban J connectivity index is 1.95. The zero-order valence-electron chi connectivity index (χ0n) is 9.08. The van der Waals surface area contributed by atoms with Crippen molar-refractivity contribution in [2.75, 3.05) is 0 Å². The molecule has 0 aromatic rings. The van der Waals surface area contributed by atoms with Gasteiger partial charge in [0.25, 0.3) is 0 Å². The molecule has 4 bridgehead atoms. The highest BCUT2D eigenvalue weighted by atomic mass is 14.4. The van der Waals surface area contributed by atoms with Crippen molar-refractivity contribution < 1.29 is 0 Å². The molecule has 0 amide bonds. The van der Waals surface area contributed by atoms with Crippen molar-refractivity contribution in [2.45, 2.75) is 38.5 Å². The zero-order valence-corrected chi connectivity index (χ0v) is 9.08. The second-order valence-electron chi connectivity index (χ2n) is 5.15. The first kappa shape index (κ1) is 9.21. The fraction of sp³-hybridized carbons (Fsp3) is 0.643. The van der Waals surface area contributed by atoms with E-state index in [1.54, 1.807) is 11.1 Å². The van der Waals surface area contributed by atoms with E-state index in [0.717, 1.165) is 6.42 Å². The lowest BCUT2D eigenvalue weighted by atomic mass is 9.64. The molecule has 4 rings (SSSR count). The van der Waals surface area contributed by atoms with Crippen LogP contribution in [0, 0.1) is 29.1 Å². The highest BCUT2D eigenvalue weighted by Crippen LogP contribution is 2.47. The fourth-order valence-electron chi connectivity index (χ4n) is 3.45. The van der Waals surface area contributed by atoms with E-state index in [9.17, 15) is 0 Å². The summed E-state index contributed by atoms with van der Waals surface area (Å²) in [4.78, 5) is 0. The van der Waals surface area contributed by atoms with Crippen LogP contribution in [0.4, 0.5) is 0 Å². The molecule has 1 atom stereocenters. The van der Waals surface area contributed by atoms with Gasteiger partial charge in [-0.25, -0.2) is 0 Å². The van der Waals surface area contributed by atoms with E-state index in [1.165, 1.54) is 32.1 Å². The minimum atomic E-state index is 0.266. The Morgan fingerprint density at radius 2 is 1.73 bits per heavy atom. The Kier molecular flexibility index (Phi) is 2.16. The van der Waals surface area contributed by atoms with Gasteiger partial charge in [0, 0.05) is 11.8 Å². The summed E-state index contributed by atoms with van der Waals surface area (Å²) >= 11 is 0. The quantitative estimate of drug-likeness (QED) is 0.547. The third-order valence-electron chi connectivity index (χ3n) is 4.26. The number of hydrogen-bond acceptors (Lipinski definition) is 1. The van der Waals surface area contributed by atoms with Crippen LogP contribution in [0.2, 0.25) is 0 Å². The van der Waals surface area contributed by atoms with Crippen LogP contribution in [0.1, 0.15) is 38.5 Å². The highest BCUT2D eigenvalue weighted by Gasteiger charge is 2.36. The van der Waals surface area contributed by atoms with Crippen LogP contribution in [0.25, 0.3) is 0 Å². The second-order valence-corrected chi connectivity index (χ2v) is 5.15. The summed E-state index contributed by atoms with van der Waals surface area (Å²) in [5, 5.41) is 9.09. The van der Waals surface area contributed by atoms with E-state index < -0.39 is 0 Å². The SMILES string of the molecule is N#CC1CC2C3=CC1C=C2CCCCC3. The van der Waals surface area contributed by atoms with Gasteiger partial charge in [0.15, 0.2) is 0 Å².